The van der Waals surface area contributed by atoms with Gasteiger partial charge in [-0.1, -0.05) is 6.92 Å². The van der Waals surface area contributed by atoms with Gasteiger partial charge in [0.1, 0.15) is 0 Å². The van der Waals surface area contributed by atoms with Crippen molar-refractivity contribution in [1.82, 2.24) is 16.0 Å². The molecule has 1 fully saturated rings. The van der Waals surface area contributed by atoms with Crippen LogP contribution in [0.1, 0.15) is 33.1 Å². The highest BCUT2D eigenvalue weighted by atomic mass is 35.5. The fourth-order valence-corrected chi connectivity index (χ4v) is 1.87. The topological polar surface area (TPSA) is 70.2 Å². The highest BCUT2D eigenvalue weighted by Crippen LogP contribution is 2.24. The van der Waals surface area contributed by atoms with Crippen molar-refractivity contribution in [2.45, 2.75) is 33.1 Å². The molecule has 0 aromatic heterocycles. The van der Waals surface area contributed by atoms with Gasteiger partial charge in [0.2, 0.25) is 11.8 Å². The number of halogens is 1. The van der Waals surface area contributed by atoms with Crippen LogP contribution < -0.4 is 16.0 Å². The number of rotatable bonds is 6. The minimum atomic E-state index is -0.306. The van der Waals surface area contributed by atoms with Crippen molar-refractivity contribution in [1.29, 1.82) is 0 Å². The average Bonchev–Trinajstić information content (AvgIpc) is 2.74. The van der Waals surface area contributed by atoms with Crippen LogP contribution in [0.3, 0.4) is 0 Å². The zero-order chi connectivity index (χ0) is 12.7. The fourth-order valence-electron chi connectivity index (χ4n) is 1.87. The van der Waals surface area contributed by atoms with Gasteiger partial charge in [-0.2, -0.15) is 0 Å². The lowest BCUT2D eigenvalue weighted by Gasteiger charge is -2.21. The first kappa shape index (κ1) is 17.2. The van der Waals surface area contributed by atoms with Gasteiger partial charge in [0, 0.05) is 26.1 Å². The van der Waals surface area contributed by atoms with E-state index < -0.39 is 0 Å². The third-order valence-electron chi connectivity index (χ3n) is 3.13. The summed E-state index contributed by atoms with van der Waals surface area (Å²) < 4.78 is 0. The molecule has 3 N–H and O–H groups in total. The highest BCUT2D eigenvalue weighted by Gasteiger charge is 2.35. The summed E-state index contributed by atoms with van der Waals surface area (Å²) in [5, 5.41) is 8.80. The zero-order valence-electron chi connectivity index (χ0n) is 11.2. The van der Waals surface area contributed by atoms with Crippen LogP contribution >= 0.6 is 12.4 Å². The molecule has 0 saturated carbocycles. The van der Waals surface area contributed by atoms with E-state index in [9.17, 15) is 9.59 Å². The van der Waals surface area contributed by atoms with Crippen LogP contribution in [0.2, 0.25) is 0 Å². The number of hydrogen-bond donors (Lipinski definition) is 3. The number of carbonyl (C=O) groups excluding carboxylic acids is 2. The van der Waals surface area contributed by atoms with Gasteiger partial charge >= 0.3 is 0 Å². The summed E-state index contributed by atoms with van der Waals surface area (Å²) in [5.41, 5.74) is -0.306. The molecular formula is C12H24ClN3O2. The van der Waals surface area contributed by atoms with E-state index in [-0.39, 0.29) is 29.6 Å². The van der Waals surface area contributed by atoms with E-state index in [0.717, 1.165) is 25.9 Å². The average molecular weight is 278 g/mol. The van der Waals surface area contributed by atoms with Crippen molar-refractivity contribution in [3.63, 3.8) is 0 Å². The van der Waals surface area contributed by atoms with Gasteiger partial charge < -0.3 is 16.0 Å². The van der Waals surface area contributed by atoms with Crippen molar-refractivity contribution in [3.05, 3.63) is 0 Å². The first-order valence-electron chi connectivity index (χ1n) is 6.34. The Bertz CT molecular complexity index is 278. The molecule has 1 rings (SSSR count). The van der Waals surface area contributed by atoms with Gasteiger partial charge in [-0.05, 0) is 26.3 Å². The normalized spacial score (nSPS) is 22.1. The van der Waals surface area contributed by atoms with Crippen molar-refractivity contribution < 1.29 is 9.59 Å². The molecule has 0 radical (unpaired) electrons. The molecule has 1 aliphatic heterocycles. The Kier molecular flexibility index (Phi) is 7.95. The second-order valence-electron chi connectivity index (χ2n) is 4.84. The van der Waals surface area contributed by atoms with E-state index in [1.165, 1.54) is 0 Å². The van der Waals surface area contributed by atoms with Crippen LogP contribution in [0, 0.1) is 5.41 Å². The molecule has 5 nitrogen and oxygen atoms in total. The minimum Gasteiger partial charge on any atom is -0.356 e. The maximum Gasteiger partial charge on any atom is 0.227 e. The summed E-state index contributed by atoms with van der Waals surface area (Å²) in [4.78, 5) is 23.2. The second kappa shape index (κ2) is 8.32. The van der Waals surface area contributed by atoms with Gasteiger partial charge in [-0.15, -0.1) is 12.4 Å². The molecule has 1 unspecified atom stereocenters. The molecule has 0 spiro atoms. The minimum absolute atomic E-state index is 0. The Labute approximate surface area is 115 Å². The molecule has 1 heterocycles. The van der Waals surface area contributed by atoms with E-state index in [1.54, 1.807) is 0 Å². The first-order chi connectivity index (χ1) is 8.08. The lowest BCUT2D eigenvalue weighted by molar-refractivity contribution is -0.129. The van der Waals surface area contributed by atoms with Crippen LogP contribution in [0.25, 0.3) is 0 Å². The lowest BCUT2D eigenvalue weighted by Crippen LogP contribution is -2.41. The molecular weight excluding hydrogens is 254 g/mol. The number of amides is 2. The molecule has 0 aromatic carbocycles. The van der Waals surface area contributed by atoms with E-state index in [4.69, 9.17) is 0 Å². The van der Waals surface area contributed by atoms with Crippen LogP contribution in [0.15, 0.2) is 0 Å². The summed E-state index contributed by atoms with van der Waals surface area (Å²) in [6.45, 7) is 6.70. The quantitative estimate of drug-likeness (QED) is 0.660. The third-order valence-corrected chi connectivity index (χ3v) is 3.13. The predicted octanol–water partition coefficient (Wildman–Crippen LogP) is 0.440. The number of hydrogen-bond acceptors (Lipinski definition) is 3. The van der Waals surface area contributed by atoms with Crippen LogP contribution in [0.5, 0.6) is 0 Å². The van der Waals surface area contributed by atoms with Gasteiger partial charge in [-0.25, -0.2) is 0 Å². The van der Waals surface area contributed by atoms with Crippen molar-refractivity contribution >= 4 is 24.2 Å². The summed E-state index contributed by atoms with van der Waals surface area (Å²) in [5.74, 6) is 0.0487. The van der Waals surface area contributed by atoms with Crippen LogP contribution in [-0.4, -0.2) is 38.0 Å². The fraction of sp³-hybridized carbons (Fsp3) is 0.833. The SMILES string of the molecule is CCCNC(=O)CCNC(=O)C1(C)CCNC1.Cl. The van der Waals surface area contributed by atoms with Gasteiger partial charge in [0.05, 0.1) is 5.41 Å². The third kappa shape index (κ3) is 5.23. The van der Waals surface area contributed by atoms with Crippen LogP contribution in [0.4, 0.5) is 0 Å². The summed E-state index contributed by atoms with van der Waals surface area (Å²) in [6, 6.07) is 0. The maximum absolute atomic E-state index is 11.9. The molecule has 1 aliphatic rings. The van der Waals surface area contributed by atoms with Crippen LogP contribution in [-0.2, 0) is 9.59 Å². The van der Waals surface area contributed by atoms with Crippen molar-refractivity contribution in [3.8, 4) is 0 Å². The molecule has 0 aliphatic carbocycles. The second-order valence-corrected chi connectivity index (χ2v) is 4.84. The van der Waals surface area contributed by atoms with Gasteiger partial charge in [0.15, 0.2) is 0 Å². The molecule has 0 bridgehead atoms. The molecule has 2 amide bonds. The lowest BCUT2D eigenvalue weighted by atomic mass is 9.89. The van der Waals surface area contributed by atoms with Gasteiger partial charge in [-0.3, -0.25) is 9.59 Å². The van der Waals surface area contributed by atoms with E-state index in [0.29, 0.717) is 19.5 Å². The van der Waals surface area contributed by atoms with E-state index in [2.05, 4.69) is 16.0 Å². The Morgan fingerprint density at radius 2 is 2.00 bits per heavy atom. The molecule has 1 saturated heterocycles. The molecule has 18 heavy (non-hydrogen) atoms. The zero-order valence-corrected chi connectivity index (χ0v) is 12.0. The van der Waals surface area contributed by atoms with E-state index >= 15 is 0 Å². The predicted molar refractivity (Wildman–Crippen MR) is 73.8 cm³/mol. The monoisotopic (exact) mass is 277 g/mol. The molecule has 0 aromatic rings. The maximum atomic E-state index is 11.9. The van der Waals surface area contributed by atoms with E-state index in [1.807, 2.05) is 13.8 Å². The standard InChI is InChI=1S/C12H23N3O2.ClH/c1-3-6-14-10(16)4-7-15-11(17)12(2)5-8-13-9-12;/h13H,3-9H2,1-2H3,(H,14,16)(H,15,17);1H. The number of nitrogens with one attached hydrogen (secondary N) is 3. The van der Waals surface area contributed by atoms with Crippen molar-refractivity contribution in [2.75, 3.05) is 26.2 Å². The smallest absolute Gasteiger partial charge is 0.227 e. The van der Waals surface area contributed by atoms with Crippen molar-refractivity contribution in [2.24, 2.45) is 5.41 Å². The summed E-state index contributed by atoms with van der Waals surface area (Å²) in [7, 11) is 0. The van der Waals surface area contributed by atoms with Gasteiger partial charge in [0.25, 0.3) is 0 Å². The Morgan fingerprint density at radius 3 is 2.56 bits per heavy atom. The Morgan fingerprint density at radius 1 is 1.28 bits per heavy atom. The molecule has 1 atom stereocenters. The molecule has 106 valence electrons. The summed E-state index contributed by atoms with van der Waals surface area (Å²) >= 11 is 0. The Balaban J connectivity index is 0.00000289. The highest BCUT2D eigenvalue weighted by molar-refractivity contribution is 5.85. The molecule has 6 heteroatoms. The largest absolute Gasteiger partial charge is 0.356 e. The first-order valence-corrected chi connectivity index (χ1v) is 6.34. The Hall–Kier alpha value is -0.810. The number of carbonyl (C=O) groups is 2. The summed E-state index contributed by atoms with van der Waals surface area (Å²) in [6.07, 6.45) is 2.15.